The van der Waals surface area contributed by atoms with Gasteiger partial charge in [0, 0.05) is 30.8 Å². The van der Waals surface area contributed by atoms with Gasteiger partial charge in [-0.3, -0.25) is 0 Å². The van der Waals surface area contributed by atoms with E-state index in [1.54, 1.807) is 6.20 Å². The summed E-state index contributed by atoms with van der Waals surface area (Å²) in [5, 5.41) is 19.0. The number of carboxylic acid groups (broad SMARTS) is 2. The van der Waals surface area contributed by atoms with Crippen LogP contribution < -0.4 is 14.8 Å². The lowest BCUT2D eigenvalue weighted by Gasteiger charge is -2.23. The highest BCUT2D eigenvalue weighted by atomic mass is 16.5. The molecule has 1 aromatic rings. The number of aromatic nitrogens is 1. The van der Waals surface area contributed by atoms with Crippen molar-refractivity contribution >= 4 is 11.9 Å². The van der Waals surface area contributed by atoms with E-state index in [4.69, 9.17) is 19.7 Å². The zero-order valence-electron chi connectivity index (χ0n) is 14.2. The minimum atomic E-state index is -1.26. The molecule has 8 nitrogen and oxygen atoms in total. The molecule has 2 rings (SSSR count). The second kappa shape index (κ2) is 11.9. The van der Waals surface area contributed by atoms with Crippen LogP contribution in [0.1, 0.15) is 19.8 Å². The zero-order valence-corrected chi connectivity index (χ0v) is 14.2. The molecule has 0 aromatic carbocycles. The molecule has 0 unspecified atom stereocenters. The van der Waals surface area contributed by atoms with Gasteiger partial charge < -0.3 is 25.0 Å². The Morgan fingerprint density at radius 2 is 2.04 bits per heavy atom. The molecule has 3 N–H and O–H groups in total. The summed E-state index contributed by atoms with van der Waals surface area (Å²) in [7, 11) is 0. The number of nitrogens with zero attached hydrogens (tertiary/aromatic N) is 1. The largest absolute Gasteiger partial charge is 0.488 e. The Morgan fingerprint density at radius 3 is 2.60 bits per heavy atom. The molecule has 25 heavy (non-hydrogen) atoms. The van der Waals surface area contributed by atoms with Gasteiger partial charge >= 0.3 is 11.9 Å². The van der Waals surface area contributed by atoms with E-state index in [0.29, 0.717) is 30.6 Å². The third kappa shape index (κ3) is 9.31. The number of rotatable bonds is 7. The van der Waals surface area contributed by atoms with E-state index >= 15 is 0 Å². The van der Waals surface area contributed by atoms with Crippen LogP contribution in [0.15, 0.2) is 30.5 Å². The molecule has 0 saturated carbocycles. The van der Waals surface area contributed by atoms with Crippen LogP contribution in [0.3, 0.4) is 0 Å². The van der Waals surface area contributed by atoms with Gasteiger partial charge in [-0.05, 0) is 38.4 Å². The molecule has 1 atom stereocenters. The van der Waals surface area contributed by atoms with E-state index < -0.39 is 11.9 Å². The molecule has 2 heterocycles. The third-order valence-corrected chi connectivity index (χ3v) is 3.26. The van der Waals surface area contributed by atoms with E-state index in [1.165, 1.54) is 12.8 Å². The summed E-state index contributed by atoms with van der Waals surface area (Å²) in [5.74, 6) is -0.572. The van der Waals surface area contributed by atoms with Crippen LogP contribution in [-0.2, 0) is 9.59 Å². The first-order chi connectivity index (χ1) is 12.0. The smallest absolute Gasteiger partial charge is 0.328 e. The fourth-order valence-corrected chi connectivity index (χ4v) is 2.15. The lowest BCUT2D eigenvalue weighted by atomic mass is 10.0. The molecular weight excluding hydrogens is 328 g/mol. The second-order valence-electron chi connectivity index (χ2n) is 5.27. The summed E-state index contributed by atoms with van der Waals surface area (Å²) in [5.41, 5.74) is 0. The summed E-state index contributed by atoms with van der Waals surface area (Å²) < 4.78 is 11.2. The summed E-state index contributed by atoms with van der Waals surface area (Å²) in [6.45, 7) is 5.47. The van der Waals surface area contributed by atoms with Gasteiger partial charge in [-0.15, -0.1) is 0 Å². The molecular formula is C17H24N2O6. The van der Waals surface area contributed by atoms with Gasteiger partial charge in [-0.2, -0.15) is 0 Å². The lowest BCUT2D eigenvalue weighted by molar-refractivity contribution is -0.134. The number of hydrogen-bond donors (Lipinski definition) is 3. The highest BCUT2D eigenvalue weighted by Gasteiger charge is 2.14. The molecule has 138 valence electrons. The Hall–Kier alpha value is -2.61. The maximum absolute atomic E-state index is 9.55. The number of pyridine rings is 1. The van der Waals surface area contributed by atoms with Crippen molar-refractivity contribution in [2.75, 3.05) is 26.3 Å². The molecule has 0 radical (unpaired) electrons. The Kier molecular flexibility index (Phi) is 9.69. The Morgan fingerprint density at radius 1 is 1.32 bits per heavy atom. The van der Waals surface area contributed by atoms with E-state index in [0.717, 1.165) is 25.4 Å². The Labute approximate surface area is 146 Å². The zero-order chi connectivity index (χ0) is 18.5. The van der Waals surface area contributed by atoms with E-state index in [-0.39, 0.29) is 0 Å². The minimum absolute atomic E-state index is 0.558. The lowest BCUT2D eigenvalue weighted by Crippen LogP contribution is -2.33. The average molecular weight is 352 g/mol. The van der Waals surface area contributed by atoms with Crippen molar-refractivity contribution in [1.82, 2.24) is 10.3 Å². The quantitative estimate of drug-likeness (QED) is 0.633. The predicted octanol–water partition coefficient (Wildman–Crippen LogP) is 1.57. The van der Waals surface area contributed by atoms with Crippen LogP contribution in [0.25, 0.3) is 0 Å². The van der Waals surface area contributed by atoms with Crippen LogP contribution in [0, 0.1) is 5.92 Å². The van der Waals surface area contributed by atoms with Crippen LogP contribution >= 0.6 is 0 Å². The molecule has 1 aliphatic rings. The van der Waals surface area contributed by atoms with Gasteiger partial charge in [0.15, 0.2) is 5.75 Å². The van der Waals surface area contributed by atoms with Crippen molar-refractivity contribution in [2.24, 2.45) is 5.92 Å². The summed E-state index contributed by atoms with van der Waals surface area (Å²) in [6, 6.07) is 3.78. The second-order valence-corrected chi connectivity index (χ2v) is 5.27. The van der Waals surface area contributed by atoms with Crippen molar-refractivity contribution < 1.29 is 29.3 Å². The van der Waals surface area contributed by atoms with Gasteiger partial charge in [-0.1, -0.05) is 0 Å². The molecule has 1 fully saturated rings. The number of piperidine rings is 1. The molecule has 0 amide bonds. The maximum Gasteiger partial charge on any atom is 0.328 e. The monoisotopic (exact) mass is 352 g/mol. The summed E-state index contributed by atoms with van der Waals surface area (Å²) in [4.78, 5) is 23.3. The van der Waals surface area contributed by atoms with Gasteiger partial charge in [0.05, 0.1) is 13.2 Å². The van der Waals surface area contributed by atoms with Crippen LogP contribution in [0.2, 0.25) is 0 Å². The van der Waals surface area contributed by atoms with Crippen LogP contribution in [-0.4, -0.2) is 53.4 Å². The number of carboxylic acids is 2. The molecule has 0 bridgehead atoms. The highest BCUT2D eigenvalue weighted by molar-refractivity contribution is 5.89. The van der Waals surface area contributed by atoms with Crippen molar-refractivity contribution in [3.05, 3.63) is 30.5 Å². The predicted molar refractivity (Wildman–Crippen MR) is 90.9 cm³/mol. The highest BCUT2D eigenvalue weighted by Crippen LogP contribution is 2.24. The maximum atomic E-state index is 9.55. The first-order valence-corrected chi connectivity index (χ1v) is 8.08. The van der Waals surface area contributed by atoms with Crippen LogP contribution in [0.5, 0.6) is 11.6 Å². The standard InChI is InChI=1S/C13H20N2O2.C4H4O4/c1-2-16-13-12(6-4-8-15-13)17-10-11-5-3-7-14-9-11;5-3(6)1-2-4(7)8/h4,6,8,11,14H,2-3,5,7,9-10H2,1H3;1-2H,(H,5,6)(H,7,8)/b;2-1+/t11-;/m0./s1. The van der Waals surface area contributed by atoms with Gasteiger partial charge in [0.1, 0.15) is 0 Å². The molecule has 1 aromatic heterocycles. The number of carbonyl (C=O) groups is 2. The summed E-state index contributed by atoms with van der Waals surface area (Å²) in [6.07, 6.45) is 5.31. The van der Waals surface area contributed by atoms with E-state index in [9.17, 15) is 9.59 Å². The number of nitrogens with one attached hydrogen (secondary N) is 1. The van der Waals surface area contributed by atoms with Crippen molar-refractivity contribution in [2.45, 2.75) is 19.8 Å². The molecule has 0 aliphatic carbocycles. The Bertz CT molecular complexity index is 554. The SMILES string of the molecule is CCOc1ncccc1OC[C@H]1CCCNC1.O=C(O)/C=C/C(=O)O. The topological polar surface area (TPSA) is 118 Å². The first-order valence-electron chi connectivity index (χ1n) is 8.08. The van der Waals surface area contributed by atoms with Crippen molar-refractivity contribution in [3.63, 3.8) is 0 Å². The van der Waals surface area contributed by atoms with Gasteiger partial charge in [-0.25, -0.2) is 14.6 Å². The van der Waals surface area contributed by atoms with E-state index in [1.807, 2.05) is 19.1 Å². The summed E-state index contributed by atoms with van der Waals surface area (Å²) >= 11 is 0. The van der Waals surface area contributed by atoms with Gasteiger partial charge in [0.2, 0.25) is 0 Å². The molecule has 1 aliphatic heterocycles. The number of aliphatic carboxylic acids is 2. The van der Waals surface area contributed by atoms with Crippen molar-refractivity contribution in [1.29, 1.82) is 0 Å². The minimum Gasteiger partial charge on any atom is -0.488 e. The van der Waals surface area contributed by atoms with Crippen LogP contribution in [0.4, 0.5) is 0 Å². The Balaban J connectivity index is 0.000000333. The van der Waals surface area contributed by atoms with Crippen molar-refractivity contribution in [3.8, 4) is 11.6 Å². The number of ether oxygens (including phenoxy) is 2. The molecule has 1 saturated heterocycles. The fourth-order valence-electron chi connectivity index (χ4n) is 2.15. The average Bonchev–Trinajstić information content (AvgIpc) is 2.61. The molecule has 0 spiro atoms. The van der Waals surface area contributed by atoms with Gasteiger partial charge in [0.25, 0.3) is 5.88 Å². The fraction of sp³-hybridized carbons (Fsp3) is 0.471. The first kappa shape index (κ1) is 20.4. The molecule has 8 heteroatoms. The number of hydrogen-bond acceptors (Lipinski definition) is 6. The normalized spacial score (nSPS) is 16.6. The third-order valence-electron chi connectivity index (χ3n) is 3.26. The van der Waals surface area contributed by atoms with E-state index in [2.05, 4.69) is 10.3 Å².